The summed E-state index contributed by atoms with van der Waals surface area (Å²) in [6, 6.07) is 9.86. The average molecular weight is 415 g/mol. The zero-order chi connectivity index (χ0) is 19.3. The fraction of sp³-hybridized carbons (Fsp3) is 0.227. The third kappa shape index (κ3) is 3.09. The Labute approximate surface area is 173 Å². The number of H-pyrrole nitrogens is 1. The Balaban J connectivity index is 0.00000225. The van der Waals surface area contributed by atoms with Crippen LogP contribution in [-0.4, -0.2) is 16.6 Å². The molecular weight excluding hydrogens is 392 g/mol. The number of aromatic amines is 1. The lowest BCUT2D eigenvalue weighted by atomic mass is 9.84. The van der Waals surface area contributed by atoms with Crippen molar-refractivity contribution in [2.24, 2.45) is 5.73 Å². The molecular formula is C22H23ClN2O2S. The lowest BCUT2D eigenvalue weighted by Gasteiger charge is -2.23. The maximum Gasteiger partial charge on any atom is 0.257 e. The van der Waals surface area contributed by atoms with Gasteiger partial charge in [-0.1, -0.05) is 38.1 Å². The summed E-state index contributed by atoms with van der Waals surface area (Å²) in [6.45, 7) is 6.68. The molecule has 0 aliphatic carbocycles. The molecule has 0 spiro atoms. The van der Waals surface area contributed by atoms with Gasteiger partial charge in [-0.05, 0) is 35.1 Å². The Morgan fingerprint density at radius 3 is 2.43 bits per heavy atom. The number of halogens is 1. The minimum absolute atomic E-state index is 0. The van der Waals surface area contributed by atoms with E-state index in [4.69, 9.17) is 5.73 Å². The molecule has 0 radical (unpaired) electrons. The monoisotopic (exact) mass is 414 g/mol. The first-order valence-corrected chi connectivity index (χ1v) is 9.83. The van der Waals surface area contributed by atoms with Crippen LogP contribution in [0.2, 0.25) is 0 Å². The first-order chi connectivity index (χ1) is 12.8. The lowest BCUT2D eigenvalue weighted by Crippen LogP contribution is -2.27. The number of phenols is 1. The van der Waals surface area contributed by atoms with E-state index in [0.29, 0.717) is 11.9 Å². The first-order valence-electron chi connectivity index (χ1n) is 8.89. The van der Waals surface area contributed by atoms with E-state index in [0.717, 1.165) is 38.5 Å². The number of hydrogen-bond donors (Lipinski definition) is 3. The van der Waals surface area contributed by atoms with Crippen molar-refractivity contribution in [3.8, 4) is 16.9 Å². The van der Waals surface area contributed by atoms with Crippen LogP contribution in [0.4, 0.5) is 0 Å². The summed E-state index contributed by atoms with van der Waals surface area (Å²) in [5, 5.41) is 17.0. The van der Waals surface area contributed by atoms with Crippen LogP contribution in [-0.2, 0) is 5.41 Å². The van der Waals surface area contributed by atoms with Crippen molar-refractivity contribution in [1.82, 2.24) is 4.98 Å². The molecule has 2 heterocycles. The molecule has 0 aliphatic rings. The second kappa shape index (κ2) is 7.24. The van der Waals surface area contributed by atoms with E-state index in [1.165, 1.54) is 11.3 Å². The number of aryl methyl sites for hydroxylation is 1. The molecule has 0 saturated carbocycles. The second-order valence-electron chi connectivity index (χ2n) is 7.66. The van der Waals surface area contributed by atoms with Crippen molar-refractivity contribution in [1.29, 1.82) is 0 Å². The van der Waals surface area contributed by atoms with E-state index in [2.05, 4.69) is 31.0 Å². The quantitative estimate of drug-likeness (QED) is 0.437. The van der Waals surface area contributed by atoms with E-state index in [1.54, 1.807) is 6.07 Å². The van der Waals surface area contributed by atoms with Crippen molar-refractivity contribution < 1.29 is 5.11 Å². The molecule has 28 heavy (non-hydrogen) atoms. The largest absolute Gasteiger partial charge is 0.507 e. The standard InChI is InChI=1S/C22H22N2O2S.ClH/c1-12-8-17(25)18(13-4-6-14(7-5-13)22(2,3)11-23)19-15-9-27-10-16(15)21(26)24-20(12)19;/h4-10,25H,11,23H2,1-3H3,(H,24,26);1H. The lowest BCUT2D eigenvalue weighted by molar-refractivity contribution is 0.477. The van der Waals surface area contributed by atoms with Gasteiger partial charge in [0.25, 0.3) is 5.56 Å². The van der Waals surface area contributed by atoms with Crippen molar-refractivity contribution in [3.63, 3.8) is 0 Å². The van der Waals surface area contributed by atoms with Gasteiger partial charge in [-0.2, -0.15) is 11.3 Å². The number of nitrogens with one attached hydrogen (secondary N) is 1. The van der Waals surface area contributed by atoms with Crippen molar-refractivity contribution >= 4 is 45.4 Å². The van der Waals surface area contributed by atoms with Crippen LogP contribution in [0, 0.1) is 6.92 Å². The van der Waals surface area contributed by atoms with Crippen LogP contribution >= 0.6 is 23.7 Å². The molecule has 4 aromatic rings. The Bertz CT molecular complexity index is 1220. The SMILES string of the molecule is Cc1cc(O)c(-c2ccc(C(C)(C)CN)cc2)c2c1[nH]c(=O)c1cscc12.Cl. The van der Waals surface area contributed by atoms with Gasteiger partial charge in [0.2, 0.25) is 0 Å². The van der Waals surface area contributed by atoms with Crippen molar-refractivity contribution in [2.75, 3.05) is 6.54 Å². The highest BCUT2D eigenvalue weighted by Gasteiger charge is 2.20. The molecule has 4 rings (SSSR count). The number of nitrogens with two attached hydrogens (primary N) is 1. The summed E-state index contributed by atoms with van der Waals surface area (Å²) >= 11 is 1.49. The number of aromatic hydroxyl groups is 1. The van der Waals surface area contributed by atoms with Crippen molar-refractivity contribution in [3.05, 3.63) is 62.6 Å². The minimum atomic E-state index is -0.109. The van der Waals surface area contributed by atoms with Gasteiger partial charge >= 0.3 is 0 Å². The molecule has 0 saturated heterocycles. The summed E-state index contributed by atoms with van der Waals surface area (Å²) in [5.41, 5.74) is 10.1. The molecule has 146 valence electrons. The molecule has 4 nitrogen and oxygen atoms in total. The van der Waals surface area contributed by atoms with Crippen LogP contribution in [0.1, 0.15) is 25.0 Å². The van der Waals surface area contributed by atoms with E-state index in [1.807, 2.05) is 29.8 Å². The van der Waals surface area contributed by atoms with E-state index in [-0.39, 0.29) is 29.1 Å². The zero-order valence-corrected chi connectivity index (χ0v) is 17.6. The fourth-order valence-corrected chi connectivity index (χ4v) is 4.39. The molecule has 0 fully saturated rings. The summed E-state index contributed by atoms with van der Waals surface area (Å²) < 4.78 is 0. The third-order valence-corrected chi connectivity index (χ3v) is 6.13. The molecule has 4 N–H and O–H groups in total. The molecule has 0 bridgehead atoms. The maximum atomic E-state index is 12.4. The van der Waals surface area contributed by atoms with Crippen LogP contribution in [0.3, 0.4) is 0 Å². The van der Waals surface area contributed by atoms with Gasteiger partial charge in [0.15, 0.2) is 0 Å². The Hall–Kier alpha value is -2.34. The number of fused-ring (bicyclic) bond motifs is 3. The molecule has 6 heteroatoms. The highest BCUT2D eigenvalue weighted by atomic mass is 35.5. The highest BCUT2D eigenvalue weighted by molar-refractivity contribution is 7.09. The van der Waals surface area contributed by atoms with Crippen LogP contribution < -0.4 is 11.3 Å². The van der Waals surface area contributed by atoms with Gasteiger partial charge < -0.3 is 15.8 Å². The number of rotatable bonds is 3. The fourth-order valence-electron chi connectivity index (χ4n) is 3.58. The molecule has 0 aliphatic heterocycles. The summed E-state index contributed by atoms with van der Waals surface area (Å²) in [4.78, 5) is 15.4. The molecule has 0 atom stereocenters. The van der Waals surface area contributed by atoms with E-state index >= 15 is 0 Å². The summed E-state index contributed by atoms with van der Waals surface area (Å²) in [6.07, 6.45) is 0. The molecule has 0 unspecified atom stereocenters. The summed E-state index contributed by atoms with van der Waals surface area (Å²) in [5.74, 6) is 0.213. The predicted molar refractivity (Wildman–Crippen MR) is 121 cm³/mol. The zero-order valence-electron chi connectivity index (χ0n) is 16.0. The van der Waals surface area contributed by atoms with Gasteiger partial charge in [-0.25, -0.2) is 0 Å². The summed E-state index contributed by atoms with van der Waals surface area (Å²) in [7, 11) is 0. The Morgan fingerprint density at radius 2 is 1.79 bits per heavy atom. The number of thiophene rings is 1. The topological polar surface area (TPSA) is 79.1 Å². The molecule has 2 aromatic heterocycles. The second-order valence-corrected chi connectivity index (χ2v) is 8.40. The highest BCUT2D eigenvalue weighted by Crippen LogP contribution is 2.41. The van der Waals surface area contributed by atoms with Crippen LogP contribution in [0.15, 0.2) is 45.9 Å². The number of benzene rings is 2. The van der Waals surface area contributed by atoms with E-state index in [9.17, 15) is 9.90 Å². The molecule has 0 amide bonds. The van der Waals surface area contributed by atoms with Gasteiger partial charge in [0, 0.05) is 33.7 Å². The van der Waals surface area contributed by atoms with Crippen LogP contribution in [0.5, 0.6) is 5.75 Å². The smallest absolute Gasteiger partial charge is 0.257 e. The van der Waals surface area contributed by atoms with Gasteiger partial charge in [-0.15, -0.1) is 12.4 Å². The third-order valence-electron chi connectivity index (χ3n) is 5.38. The van der Waals surface area contributed by atoms with Crippen molar-refractivity contribution in [2.45, 2.75) is 26.2 Å². The normalized spacial score (nSPS) is 11.7. The minimum Gasteiger partial charge on any atom is -0.507 e. The first kappa shape index (κ1) is 20.4. The van der Waals surface area contributed by atoms with Crippen LogP contribution in [0.25, 0.3) is 32.8 Å². The van der Waals surface area contributed by atoms with E-state index < -0.39 is 0 Å². The number of hydrogen-bond acceptors (Lipinski definition) is 4. The Morgan fingerprint density at radius 1 is 1.14 bits per heavy atom. The average Bonchev–Trinajstić information content (AvgIpc) is 3.14. The van der Waals surface area contributed by atoms with Gasteiger partial charge in [0.1, 0.15) is 5.75 Å². The molecule has 2 aromatic carbocycles. The van der Waals surface area contributed by atoms with Gasteiger partial charge in [0.05, 0.1) is 10.9 Å². The number of pyridine rings is 1. The number of phenolic OH excluding ortho intramolecular Hbond substituents is 1. The Kier molecular flexibility index (Phi) is 5.28. The van der Waals surface area contributed by atoms with Gasteiger partial charge in [-0.3, -0.25) is 4.79 Å². The maximum absolute atomic E-state index is 12.4. The predicted octanol–water partition coefficient (Wildman–Crippen LogP) is 5.08. The number of aromatic nitrogens is 1.